The van der Waals surface area contributed by atoms with Crippen molar-refractivity contribution in [3.05, 3.63) is 64.9 Å². The molecule has 1 heterocycles. The highest BCUT2D eigenvalue weighted by Gasteiger charge is 2.15. The van der Waals surface area contributed by atoms with Crippen LogP contribution < -0.4 is 5.32 Å². The number of aromatic nitrogens is 1. The van der Waals surface area contributed by atoms with Crippen LogP contribution in [0.3, 0.4) is 0 Å². The fraction of sp³-hybridized carbons (Fsp3) is 0.353. The molecule has 106 valence electrons. The molecule has 1 aromatic carbocycles. The molecule has 0 saturated carbocycles. The van der Waals surface area contributed by atoms with E-state index in [0.29, 0.717) is 6.04 Å². The third-order valence-electron chi connectivity index (χ3n) is 3.43. The van der Waals surface area contributed by atoms with Gasteiger partial charge in [0, 0.05) is 23.3 Å². The van der Waals surface area contributed by atoms with Gasteiger partial charge in [0.15, 0.2) is 0 Å². The van der Waals surface area contributed by atoms with Gasteiger partial charge in [0.2, 0.25) is 0 Å². The highest BCUT2D eigenvalue weighted by atomic mass is 35.5. The molecule has 0 fully saturated rings. The SMILES string of the molecule is CCCC(NC(C)c1ccccn1)c1ccc(Cl)cc1. The van der Waals surface area contributed by atoms with Crippen molar-refractivity contribution < 1.29 is 0 Å². The molecule has 2 unspecified atom stereocenters. The van der Waals surface area contributed by atoms with Crippen LogP contribution in [0.15, 0.2) is 48.7 Å². The summed E-state index contributed by atoms with van der Waals surface area (Å²) in [5.41, 5.74) is 2.35. The van der Waals surface area contributed by atoms with Crippen LogP contribution in [0.2, 0.25) is 5.02 Å². The van der Waals surface area contributed by atoms with Crippen LogP contribution in [-0.2, 0) is 0 Å². The van der Waals surface area contributed by atoms with Crippen molar-refractivity contribution in [1.82, 2.24) is 10.3 Å². The maximum atomic E-state index is 5.96. The van der Waals surface area contributed by atoms with Crippen LogP contribution in [0, 0.1) is 0 Å². The fourth-order valence-corrected chi connectivity index (χ4v) is 2.48. The molecule has 0 spiro atoms. The number of halogens is 1. The fourth-order valence-electron chi connectivity index (χ4n) is 2.35. The normalized spacial score (nSPS) is 13.9. The third kappa shape index (κ3) is 4.06. The van der Waals surface area contributed by atoms with Crippen molar-refractivity contribution >= 4 is 11.6 Å². The molecule has 0 radical (unpaired) electrons. The summed E-state index contributed by atoms with van der Waals surface area (Å²) in [6, 6.07) is 14.7. The molecule has 1 N–H and O–H groups in total. The first kappa shape index (κ1) is 15.0. The van der Waals surface area contributed by atoms with Crippen LogP contribution in [0.5, 0.6) is 0 Å². The molecule has 2 atom stereocenters. The Hall–Kier alpha value is -1.38. The lowest BCUT2D eigenvalue weighted by molar-refractivity contribution is 0.434. The van der Waals surface area contributed by atoms with Crippen LogP contribution in [0.1, 0.15) is 50.0 Å². The molecule has 2 rings (SSSR count). The minimum Gasteiger partial charge on any atom is -0.302 e. The van der Waals surface area contributed by atoms with Crippen molar-refractivity contribution in [2.45, 2.75) is 38.8 Å². The zero-order chi connectivity index (χ0) is 14.4. The molecule has 0 aliphatic heterocycles. The van der Waals surface area contributed by atoms with E-state index in [1.165, 1.54) is 5.56 Å². The molecule has 2 aromatic rings. The number of benzene rings is 1. The summed E-state index contributed by atoms with van der Waals surface area (Å²) >= 11 is 5.96. The smallest absolute Gasteiger partial charge is 0.0570 e. The summed E-state index contributed by atoms with van der Waals surface area (Å²) < 4.78 is 0. The maximum absolute atomic E-state index is 5.96. The Morgan fingerprint density at radius 1 is 1.15 bits per heavy atom. The van der Waals surface area contributed by atoms with Crippen LogP contribution in [-0.4, -0.2) is 4.98 Å². The molecule has 0 amide bonds. The van der Waals surface area contributed by atoms with Crippen LogP contribution in [0.25, 0.3) is 0 Å². The minimum absolute atomic E-state index is 0.225. The molecule has 0 saturated heterocycles. The number of rotatable bonds is 6. The second kappa shape index (κ2) is 7.41. The van der Waals surface area contributed by atoms with Crippen LogP contribution >= 0.6 is 11.6 Å². The Morgan fingerprint density at radius 3 is 2.50 bits per heavy atom. The van der Waals surface area contributed by atoms with E-state index in [4.69, 9.17) is 11.6 Å². The number of hydrogen-bond acceptors (Lipinski definition) is 2. The van der Waals surface area contributed by atoms with Gasteiger partial charge in [-0.3, -0.25) is 4.98 Å². The summed E-state index contributed by atoms with van der Waals surface area (Å²) in [5, 5.41) is 4.44. The lowest BCUT2D eigenvalue weighted by atomic mass is 10.0. The Kier molecular flexibility index (Phi) is 5.57. The number of hydrogen-bond donors (Lipinski definition) is 1. The molecule has 0 aliphatic rings. The van der Waals surface area contributed by atoms with Gasteiger partial charge in [-0.15, -0.1) is 0 Å². The molecular formula is C17H21ClN2. The second-order valence-corrected chi connectivity index (χ2v) is 5.47. The van der Waals surface area contributed by atoms with E-state index >= 15 is 0 Å². The van der Waals surface area contributed by atoms with Gasteiger partial charge in [0.05, 0.1) is 5.69 Å². The van der Waals surface area contributed by atoms with Gasteiger partial charge in [0.25, 0.3) is 0 Å². The van der Waals surface area contributed by atoms with Crippen LogP contribution in [0.4, 0.5) is 0 Å². The number of pyridine rings is 1. The van der Waals surface area contributed by atoms with Crippen molar-refractivity contribution in [2.24, 2.45) is 0 Å². The maximum Gasteiger partial charge on any atom is 0.0570 e. The van der Waals surface area contributed by atoms with Gasteiger partial charge in [-0.25, -0.2) is 0 Å². The number of nitrogens with zero attached hydrogens (tertiary/aromatic N) is 1. The molecule has 0 bridgehead atoms. The molecule has 2 nitrogen and oxygen atoms in total. The van der Waals surface area contributed by atoms with Gasteiger partial charge in [0.1, 0.15) is 0 Å². The first-order valence-corrected chi connectivity index (χ1v) is 7.51. The lowest BCUT2D eigenvalue weighted by Gasteiger charge is -2.23. The minimum atomic E-state index is 0.225. The predicted octanol–water partition coefficient (Wildman–Crippen LogP) is 4.93. The quantitative estimate of drug-likeness (QED) is 0.815. The van der Waals surface area contributed by atoms with Crippen molar-refractivity contribution in [3.8, 4) is 0 Å². The van der Waals surface area contributed by atoms with E-state index < -0.39 is 0 Å². The molecule has 0 aliphatic carbocycles. The summed E-state index contributed by atoms with van der Waals surface area (Å²) in [6.07, 6.45) is 4.07. The Bertz CT molecular complexity index is 510. The number of nitrogens with one attached hydrogen (secondary N) is 1. The molecule has 3 heteroatoms. The van der Waals surface area contributed by atoms with E-state index in [0.717, 1.165) is 23.6 Å². The van der Waals surface area contributed by atoms with Gasteiger partial charge >= 0.3 is 0 Å². The van der Waals surface area contributed by atoms with Gasteiger partial charge in [-0.1, -0.05) is 43.1 Å². The van der Waals surface area contributed by atoms with Crippen molar-refractivity contribution in [2.75, 3.05) is 0 Å². The average molecular weight is 289 g/mol. The molecule has 20 heavy (non-hydrogen) atoms. The topological polar surface area (TPSA) is 24.9 Å². The standard InChI is InChI=1S/C17H21ClN2/c1-3-6-17(14-8-10-15(18)11-9-14)20-13(2)16-7-4-5-12-19-16/h4-5,7-13,17,20H,3,6H2,1-2H3. The molecular weight excluding hydrogens is 268 g/mol. The second-order valence-electron chi connectivity index (χ2n) is 5.04. The molecule has 1 aromatic heterocycles. The first-order chi connectivity index (χ1) is 9.70. The Balaban J connectivity index is 2.11. The highest BCUT2D eigenvalue weighted by Crippen LogP contribution is 2.24. The van der Waals surface area contributed by atoms with E-state index in [9.17, 15) is 0 Å². The summed E-state index contributed by atoms with van der Waals surface area (Å²) in [6.45, 7) is 4.36. The van der Waals surface area contributed by atoms with E-state index in [1.807, 2.05) is 30.5 Å². The Labute approximate surface area is 126 Å². The Morgan fingerprint density at radius 2 is 1.90 bits per heavy atom. The summed E-state index contributed by atoms with van der Waals surface area (Å²) in [7, 11) is 0. The zero-order valence-corrected chi connectivity index (χ0v) is 12.8. The van der Waals surface area contributed by atoms with E-state index in [-0.39, 0.29) is 6.04 Å². The van der Waals surface area contributed by atoms with Gasteiger partial charge in [-0.2, -0.15) is 0 Å². The monoisotopic (exact) mass is 288 g/mol. The van der Waals surface area contributed by atoms with Crippen molar-refractivity contribution in [1.29, 1.82) is 0 Å². The largest absolute Gasteiger partial charge is 0.302 e. The van der Waals surface area contributed by atoms with Gasteiger partial charge in [-0.05, 0) is 43.2 Å². The van der Waals surface area contributed by atoms with Crippen molar-refractivity contribution in [3.63, 3.8) is 0 Å². The van der Waals surface area contributed by atoms with E-state index in [2.05, 4.69) is 42.3 Å². The average Bonchev–Trinajstić information content (AvgIpc) is 2.48. The lowest BCUT2D eigenvalue weighted by Crippen LogP contribution is -2.25. The third-order valence-corrected chi connectivity index (χ3v) is 3.68. The summed E-state index contributed by atoms with van der Waals surface area (Å²) in [4.78, 5) is 4.42. The van der Waals surface area contributed by atoms with E-state index in [1.54, 1.807) is 0 Å². The predicted molar refractivity (Wildman–Crippen MR) is 84.9 cm³/mol. The van der Waals surface area contributed by atoms with Gasteiger partial charge < -0.3 is 5.32 Å². The highest BCUT2D eigenvalue weighted by molar-refractivity contribution is 6.30. The summed E-state index contributed by atoms with van der Waals surface area (Å²) in [5.74, 6) is 0. The first-order valence-electron chi connectivity index (χ1n) is 7.13. The zero-order valence-electron chi connectivity index (χ0n) is 12.0.